The highest BCUT2D eigenvalue weighted by molar-refractivity contribution is 5.81. The Bertz CT molecular complexity index is 226. The highest BCUT2D eigenvalue weighted by Crippen LogP contribution is 2.43. The topological polar surface area (TPSA) is 29.1 Å². The first-order valence-corrected chi connectivity index (χ1v) is 5.39. The summed E-state index contributed by atoms with van der Waals surface area (Å²) in [6.45, 7) is 7.76. The van der Waals surface area contributed by atoms with Crippen molar-refractivity contribution in [1.82, 2.24) is 5.32 Å². The van der Waals surface area contributed by atoms with Crippen molar-refractivity contribution in [1.29, 1.82) is 0 Å². The third-order valence-electron chi connectivity index (χ3n) is 4.21. The molecule has 2 nitrogen and oxygen atoms in total. The van der Waals surface area contributed by atoms with E-state index in [9.17, 15) is 4.79 Å². The molecule has 1 N–H and O–H groups in total. The number of carbonyl (C=O) groups excluding carboxylic acids is 1. The van der Waals surface area contributed by atoms with Crippen LogP contribution in [0.4, 0.5) is 0 Å². The van der Waals surface area contributed by atoms with E-state index in [-0.39, 0.29) is 0 Å². The molecule has 1 aliphatic carbocycles. The first-order valence-electron chi connectivity index (χ1n) is 5.39. The maximum Gasteiger partial charge on any atom is 0.223 e. The molecular weight excluding hydrogens is 162 g/mol. The van der Waals surface area contributed by atoms with E-state index in [2.05, 4.69) is 26.1 Å². The zero-order chi connectivity index (χ0) is 9.59. The SMILES string of the molecule is C[C@@H]1[C@@H]2CNC(=O)[C@@H]2[C@@H](C)C[C@H]1C. The van der Waals surface area contributed by atoms with Crippen LogP contribution < -0.4 is 5.32 Å². The lowest BCUT2D eigenvalue weighted by molar-refractivity contribution is -0.126. The molecule has 1 aliphatic heterocycles. The minimum atomic E-state index is 0.302. The van der Waals surface area contributed by atoms with Gasteiger partial charge in [-0.05, 0) is 30.1 Å². The zero-order valence-electron chi connectivity index (χ0n) is 8.71. The van der Waals surface area contributed by atoms with Crippen LogP contribution in [-0.2, 0) is 4.79 Å². The van der Waals surface area contributed by atoms with Crippen LogP contribution in [0.3, 0.4) is 0 Å². The number of hydrogen-bond acceptors (Lipinski definition) is 1. The van der Waals surface area contributed by atoms with Gasteiger partial charge in [0.15, 0.2) is 0 Å². The summed E-state index contributed by atoms with van der Waals surface area (Å²) in [5.41, 5.74) is 0. The predicted molar refractivity (Wildman–Crippen MR) is 52.1 cm³/mol. The van der Waals surface area contributed by atoms with Gasteiger partial charge in [0, 0.05) is 12.5 Å². The first kappa shape index (κ1) is 9.04. The average molecular weight is 181 g/mol. The largest absolute Gasteiger partial charge is 0.356 e. The van der Waals surface area contributed by atoms with Gasteiger partial charge in [-0.3, -0.25) is 4.79 Å². The van der Waals surface area contributed by atoms with Crippen LogP contribution in [0.5, 0.6) is 0 Å². The van der Waals surface area contributed by atoms with Crippen molar-refractivity contribution in [3.63, 3.8) is 0 Å². The normalized spacial score (nSPS) is 50.1. The van der Waals surface area contributed by atoms with E-state index in [1.807, 2.05) is 0 Å². The van der Waals surface area contributed by atoms with Gasteiger partial charge in [0.05, 0.1) is 0 Å². The highest BCUT2D eigenvalue weighted by Gasteiger charge is 2.46. The summed E-state index contributed by atoms with van der Waals surface area (Å²) in [5.74, 6) is 3.29. The van der Waals surface area contributed by atoms with Crippen LogP contribution in [0, 0.1) is 29.6 Å². The Kier molecular flexibility index (Phi) is 2.09. The summed E-state index contributed by atoms with van der Waals surface area (Å²) in [6.07, 6.45) is 1.22. The van der Waals surface area contributed by atoms with Gasteiger partial charge in [0.25, 0.3) is 0 Å². The molecule has 1 saturated carbocycles. The lowest BCUT2D eigenvalue weighted by Gasteiger charge is -2.38. The van der Waals surface area contributed by atoms with Gasteiger partial charge in [-0.1, -0.05) is 20.8 Å². The minimum absolute atomic E-state index is 0.302. The minimum Gasteiger partial charge on any atom is -0.356 e. The summed E-state index contributed by atoms with van der Waals surface area (Å²) in [7, 11) is 0. The molecule has 2 aliphatic rings. The van der Waals surface area contributed by atoms with Gasteiger partial charge in [0.1, 0.15) is 0 Å². The van der Waals surface area contributed by atoms with Crippen LogP contribution in [0.15, 0.2) is 0 Å². The van der Waals surface area contributed by atoms with Crippen LogP contribution in [-0.4, -0.2) is 12.5 Å². The van der Waals surface area contributed by atoms with Crippen LogP contribution in [0.1, 0.15) is 27.2 Å². The fraction of sp³-hybridized carbons (Fsp3) is 0.909. The van der Waals surface area contributed by atoms with Crippen molar-refractivity contribution in [3.05, 3.63) is 0 Å². The molecule has 1 saturated heterocycles. The summed E-state index contributed by atoms with van der Waals surface area (Å²) >= 11 is 0. The standard InChI is InChI=1S/C11H19NO/c1-6-4-7(2)10-9(8(6)3)5-12-11(10)13/h6-10H,4-5H2,1-3H3,(H,12,13)/t6-,7+,8+,9+,10-/m1/s1. The molecule has 0 spiro atoms. The summed E-state index contributed by atoms with van der Waals surface area (Å²) < 4.78 is 0. The van der Waals surface area contributed by atoms with Crippen LogP contribution >= 0.6 is 0 Å². The Hall–Kier alpha value is -0.530. The Balaban J connectivity index is 2.21. The van der Waals surface area contributed by atoms with E-state index < -0.39 is 0 Å². The number of rotatable bonds is 0. The fourth-order valence-electron chi connectivity index (χ4n) is 3.22. The molecule has 2 rings (SSSR count). The van der Waals surface area contributed by atoms with Crippen molar-refractivity contribution in [3.8, 4) is 0 Å². The van der Waals surface area contributed by atoms with Crippen molar-refractivity contribution < 1.29 is 4.79 Å². The molecule has 1 amide bonds. The Morgan fingerprint density at radius 3 is 2.62 bits per heavy atom. The lowest BCUT2D eigenvalue weighted by atomic mass is 9.65. The van der Waals surface area contributed by atoms with E-state index in [4.69, 9.17) is 0 Å². The Labute approximate surface area is 80.1 Å². The Morgan fingerprint density at radius 2 is 1.92 bits per heavy atom. The number of nitrogens with one attached hydrogen (secondary N) is 1. The summed E-state index contributed by atoms with van der Waals surface area (Å²) in [4.78, 5) is 11.6. The average Bonchev–Trinajstić information content (AvgIpc) is 2.44. The smallest absolute Gasteiger partial charge is 0.223 e. The van der Waals surface area contributed by atoms with Crippen LogP contribution in [0.2, 0.25) is 0 Å². The van der Waals surface area contributed by atoms with E-state index in [1.165, 1.54) is 6.42 Å². The zero-order valence-corrected chi connectivity index (χ0v) is 8.71. The molecule has 13 heavy (non-hydrogen) atoms. The summed E-state index contributed by atoms with van der Waals surface area (Å²) in [5, 5.41) is 3.00. The molecule has 0 radical (unpaired) electrons. The molecule has 2 fully saturated rings. The van der Waals surface area contributed by atoms with Crippen molar-refractivity contribution in [2.24, 2.45) is 29.6 Å². The predicted octanol–water partition coefficient (Wildman–Crippen LogP) is 1.66. The molecule has 0 aromatic carbocycles. The number of fused-ring (bicyclic) bond motifs is 1. The van der Waals surface area contributed by atoms with Crippen molar-refractivity contribution in [2.45, 2.75) is 27.2 Å². The van der Waals surface area contributed by atoms with E-state index in [0.29, 0.717) is 29.6 Å². The molecule has 0 unspecified atom stereocenters. The maximum atomic E-state index is 11.6. The van der Waals surface area contributed by atoms with Gasteiger partial charge >= 0.3 is 0 Å². The molecule has 0 aromatic rings. The van der Waals surface area contributed by atoms with Crippen molar-refractivity contribution >= 4 is 5.91 Å². The first-order chi connectivity index (χ1) is 6.11. The molecule has 5 atom stereocenters. The van der Waals surface area contributed by atoms with Gasteiger partial charge in [-0.2, -0.15) is 0 Å². The number of amides is 1. The second-order valence-electron chi connectivity index (χ2n) is 4.98. The van der Waals surface area contributed by atoms with Crippen LogP contribution in [0.25, 0.3) is 0 Å². The quantitative estimate of drug-likeness (QED) is 0.605. The van der Waals surface area contributed by atoms with Gasteiger partial charge < -0.3 is 5.32 Å². The van der Waals surface area contributed by atoms with Gasteiger partial charge in [0.2, 0.25) is 5.91 Å². The molecule has 0 bridgehead atoms. The van der Waals surface area contributed by atoms with E-state index in [0.717, 1.165) is 12.5 Å². The molecular formula is C11H19NO. The molecule has 2 heteroatoms. The van der Waals surface area contributed by atoms with E-state index >= 15 is 0 Å². The molecule has 74 valence electrons. The fourth-order valence-corrected chi connectivity index (χ4v) is 3.22. The van der Waals surface area contributed by atoms with Gasteiger partial charge in [-0.15, -0.1) is 0 Å². The molecule has 1 heterocycles. The number of carbonyl (C=O) groups is 1. The summed E-state index contributed by atoms with van der Waals surface area (Å²) in [6, 6.07) is 0. The monoisotopic (exact) mass is 181 g/mol. The third kappa shape index (κ3) is 1.27. The Morgan fingerprint density at radius 1 is 1.23 bits per heavy atom. The lowest BCUT2D eigenvalue weighted by Crippen LogP contribution is -2.37. The van der Waals surface area contributed by atoms with Crippen molar-refractivity contribution in [2.75, 3.05) is 6.54 Å². The maximum absolute atomic E-state index is 11.6. The van der Waals surface area contributed by atoms with Gasteiger partial charge in [-0.25, -0.2) is 0 Å². The van der Waals surface area contributed by atoms with E-state index in [1.54, 1.807) is 0 Å². The molecule has 0 aromatic heterocycles. The highest BCUT2D eigenvalue weighted by atomic mass is 16.2. The second kappa shape index (κ2) is 3.00. The number of hydrogen-bond donors (Lipinski definition) is 1. The third-order valence-corrected chi connectivity index (χ3v) is 4.21. The second-order valence-corrected chi connectivity index (χ2v) is 4.98.